The van der Waals surface area contributed by atoms with Crippen LogP contribution in [0.1, 0.15) is 35.1 Å². The Labute approximate surface area is 261 Å². The standard InChI is InChI=1S/C29H36F3N5O6S2/c1-20-17-23(37(44(5,39)40)15-14-35(3)4)18-21(2)25(20)9-16-45(41,42)36-12-10-28(11-13-36)27(38)33-26(34-28)22-7-6-8-24(19-22)43-29(30,31)32/h6-9,16-19H,10-15H2,1-5H3,(H,33,34,38). The molecule has 0 aromatic heterocycles. The lowest BCUT2D eigenvalue weighted by Crippen LogP contribution is -2.50. The first-order valence-electron chi connectivity index (χ1n) is 14.0. The topological polar surface area (TPSA) is 129 Å². The highest BCUT2D eigenvalue weighted by atomic mass is 32.2. The number of ether oxygens (including phenoxy) is 1. The van der Waals surface area contributed by atoms with Gasteiger partial charge in [-0.3, -0.25) is 14.1 Å². The molecule has 11 nitrogen and oxygen atoms in total. The van der Waals surface area contributed by atoms with E-state index < -0.39 is 43.6 Å². The lowest BCUT2D eigenvalue weighted by atomic mass is 9.89. The van der Waals surface area contributed by atoms with Crippen LogP contribution in [0.4, 0.5) is 18.9 Å². The molecule has 45 heavy (non-hydrogen) atoms. The van der Waals surface area contributed by atoms with Crippen molar-refractivity contribution in [1.29, 1.82) is 0 Å². The Hall–Kier alpha value is -3.47. The van der Waals surface area contributed by atoms with Gasteiger partial charge in [0.25, 0.3) is 5.91 Å². The van der Waals surface area contributed by atoms with Crippen LogP contribution in [0.25, 0.3) is 6.08 Å². The number of halogens is 3. The molecule has 0 aliphatic carbocycles. The van der Waals surface area contributed by atoms with Gasteiger partial charge in [0.1, 0.15) is 17.1 Å². The Morgan fingerprint density at radius 1 is 1.04 bits per heavy atom. The highest BCUT2D eigenvalue weighted by Crippen LogP contribution is 2.33. The van der Waals surface area contributed by atoms with E-state index in [1.807, 2.05) is 19.0 Å². The Bertz CT molecular complexity index is 1710. The van der Waals surface area contributed by atoms with Crippen molar-refractivity contribution in [1.82, 2.24) is 14.5 Å². The summed E-state index contributed by atoms with van der Waals surface area (Å²) in [6.07, 6.45) is -2.10. The zero-order valence-corrected chi connectivity index (χ0v) is 27.2. The quantitative estimate of drug-likeness (QED) is 0.411. The predicted molar refractivity (Wildman–Crippen MR) is 166 cm³/mol. The van der Waals surface area contributed by atoms with E-state index in [1.165, 1.54) is 26.8 Å². The maximum atomic E-state index is 13.3. The van der Waals surface area contributed by atoms with E-state index in [1.54, 1.807) is 26.0 Å². The number of amidine groups is 1. The van der Waals surface area contributed by atoms with Gasteiger partial charge in [-0.15, -0.1) is 13.2 Å². The number of sulfonamides is 2. The van der Waals surface area contributed by atoms with Crippen molar-refractivity contribution in [3.05, 3.63) is 64.1 Å². The molecule has 246 valence electrons. The Kier molecular flexibility index (Phi) is 9.73. The van der Waals surface area contributed by atoms with Crippen molar-refractivity contribution in [3.8, 4) is 5.75 Å². The first-order valence-corrected chi connectivity index (χ1v) is 17.3. The highest BCUT2D eigenvalue weighted by molar-refractivity contribution is 7.92. The van der Waals surface area contributed by atoms with Gasteiger partial charge in [-0.05, 0) is 87.8 Å². The van der Waals surface area contributed by atoms with Gasteiger partial charge in [0.05, 0.1) is 11.9 Å². The molecular weight excluding hydrogens is 635 g/mol. The third-order valence-electron chi connectivity index (χ3n) is 7.65. The minimum atomic E-state index is -4.88. The summed E-state index contributed by atoms with van der Waals surface area (Å²) in [5.74, 6) is -0.815. The molecule has 0 unspecified atom stereocenters. The number of alkyl halides is 3. The lowest BCUT2D eigenvalue weighted by molar-refractivity contribution is -0.274. The van der Waals surface area contributed by atoms with Crippen molar-refractivity contribution >= 4 is 43.6 Å². The summed E-state index contributed by atoms with van der Waals surface area (Å²) < 4.78 is 96.0. The molecule has 2 aromatic carbocycles. The van der Waals surface area contributed by atoms with Crippen molar-refractivity contribution < 1.29 is 39.5 Å². The first kappa shape index (κ1) is 34.4. The molecule has 0 saturated carbocycles. The van der Waals surface area contributed by atoms with Gasteiger partial charge in [0.15, 0.2) is 0 Å². The van der Waals surface area contributed by atoms with Crippen LogP contribution >= 0.6 is 0 Å². The molecular formula is C29H36F3N5O6S2. The fourth-order valence-electron chi connectivity index (χ4n) is 5.32. The number of rotatable bonds is 10. The number of benzene rings is 2. The maximum absolute atomic E-state index is 13.3. The maximum Gasteiger partial charge on any atom is 0.573 e. The van der Waals surface area contributed by atoms with Crippen LogP contribution in [0.2, 0.25) is 0 Å². The van der Waals surface area contributed by atoms with Crippen molar-refractivity contribution in [3.63, 3.8) is 0 Å². The van der Waals surface area contributed by atoms with Gasteiger partial charge < -0.3 is 15.0 Å². The molecule has 1 amide bonds. The summed E-state index contributed by atoms with van der Waals surface area (Å²) in [5, 5.41) is 3.71. The smallest absolute Gasteiger partial charge is 0.406 e. The average Bonchev–Trinajstić information content (AvgIpc) is 3.22. The van der Waals surface area contributed by atoms with Gasteiger partial charge in [-0.25, -0.2) is 16.8 Å². The molecule has 2 aromatic rings. The third kappa shape index (κ3) is 8.23. The molecule has 0 radical (unpaired) electrons. The number of likely N-dealkylation sites (N-methyl/N-ethyl adjacent to an activating group) is 1. The van der Waals surface area contributed by atoms with Crippen molar-refractivity contribution in [2.24, 2.45) is 4.99 Å². The van der Waals surface area contributed by atoms with E-state index in [0.717, 1.165) is 23.8 Å². The predicted octanol–water partition coefficient (Wildman–Crippen LogP) is 3.24. The molecule has 0 bridgehead atoms. The number of hydrogen-bond donors (Lipinski definition) is 1. The van der Waals surface area contributed by atoms with Crippen LogP contribution in [0.15, 0.2) is 46.8 Å². The van der Waals surface area contributed by atoms with E-state index in [9.17, 15) is 34.8 Å². The zero-order chi connectivity index (χ0) is 33.4. The number of aliphatic imine (C=N–C) groups is 1. The van der Waals surface area contributed by atoms with E-state index in [2.05, 4.69) is 15.0 Å². The SMILES string of the molecule is Cc1cc(N(CCN(C)C)S(C)(=O)=O)cc(C)c1C=CS(=O)(=O)N1CCC2(CC1)N=C(c1cccc(OC(F)(F)F)c1)NC2=O. The van der Waals surface area contributed by atoms with Gasteiger partial charge in [0.2, 0.25) is 20.0 Å². The van der Waals surface area contributed by atoms with Crippen molar-refractivity contribution in [2.45, 2.75) is 38.6 Å². The monoisotopic (exact) mass is 671 g/mol. The summed E-state index contributed by atoms with van der Waals surface area (Å²) in [5.41, 5.74) is 1.51. The molecule has 16 heteroatoms. The van der Waals surface area contributed by atoms with Gasteiger partial charge >= 0.3 is 6.36 Å². The minimum Gasteiger partial charge on any atom is -0.406 e. The van der Waals surface area contributed by atoms with Crippen LogP contribution in [-0.2, 0) is 24.8 Å². The van der Waals surface area contributed by atoms with Crippen LogP contribution in [0.5, 0.6) is 5.75 Å². The van der Waals surface area contributed by atoms with Crippen molar-refractivity contribution in [2.75, 3.05) is 50.8 Å². The number of nitrogens with zero attached hydrogens (tertiary/aromatic N) is 4. The molecule has 1 N–H and O–H groups in total. The van der Waals surface area contributed by atoms with Gasteiger partial charge in [-0.1, -0.05) is 12.1 Å². The average molecular weight is 672 g/mol. The molecule has 1 spiro atoms. The number of aryl methyl sites for hydroxylation is 2. The Morgan fingerprint density at radius 3 is 2.22 bits per heavy atom. The summed E-state index contributed by atoms with van der Waals surface area (Å²) in [6, 6.07) is 8.51. The number of carbonyl (C=O) groups excluding carboxylic acids is 1. The summed E-state index contributed by atoms with van der Waals surface area (Å²) >= 11 is 0. The number of amides is 1. The zero-order valence-electron chi connectivity index (χ0n) is 25.6. The van der Waals surface area contributed by atoms with E-state index in [-0.39, 0.29) is 43.9 Å². The summed E-state index contributed by atoms with van der Waals surface area (Å²) in [7, 11) is -3.75. The first-order chi connectivity index (χ1) is 20.8. The number of carbonyl (C=O) groups is 1. The molecule has 0 atom stereocenters. The van der Waals surface area contributed by atoms with Crippen LogP contribution in [-0.4, -0.2) is 96.2 Å². The Morgan fingerprint density at radius 2 is 1.67 bits per heavy atom. The minimum absolute atomic E-state index is 0.000193. The van der Waals surface area contributed by atoms with E-state index >= 15 is 0 Å². The second kappa shape index (κ2) is 12.7. The molecule has 1 fully saturated rings. The fraction of sp³-hybridized carbons (Fsp3) is 0.448. The largest absolute Gasteiger partial charge is 0.573 e. The van der Waals surface area contributed by atoms with Gasteiger partial charge in [-0.2, -0.15) is 4.31 Å². The Balaban J connectivity index is 1.48. The second-order valence-electron chi connectivity index (χ2n) is 11.4. The number of anilines is 1. The normalized spacial score (nSPS) is 17.6. The number of hydrogen-bond acceptors (Lipinski definition) is 8. The van der Waals surface area contributed by atoms with Crippen LogP contribution in [0.3, 0.4) is 0 Å². The fourth-order valence-corrected chi connectivity index (χ4v) is 7.39. The summed E-state index contributed by atoms with van der Waals surface area (Å²) in [4.78, 5) is 19.3. The summed E-state index contributed by atoms with van der Waals surface area (Å²) in [6.45, 7) is 4.33. The highest BCUT2D eigenvalue weighted by Gasteiger charge is 2.47. The second-order valence-corrected chi connectivity index (χ2v) is 15.1. The van der Waals surface area contributed by atoms with E-state index in [4.69, 9.17) is 0 Å². The lowest BCUT2D eigenvalue weighted by Gasteiger charge is -2.34. The van der Waals surface area contributed by atoms with Crippen LogP contribution in [0, 0.1) is 13.8 Å². The van der Waals surface area contributed by atoms with Gasteiger partial charge in [0, 0.05) is 37.2 Å². The molecule has 2 heterocycles. The molecule has 4 rings (SSSR count). The molecule has 1 saturated heterocycles. The number of nitrogens with one attached hydrogen (secondary N) is 1. The molecule has 2 aliphatic rings. The van der Waals surface area contributed by atoms with Crippen LogP contribution < -0.4 is 14.4 Å². The number of piperidine rings is 1. The molecule has 2 aliphatic heterocycles. The van der Waals surface area contributed by atoms with E-state index in [0.29, 0.717) is 28.9 Å². The third-order valence-corrected chi connectivity index (χ3v) is 10.4.